The highest BCUT2D eigenvalue weighted by Crippen LogP contribution is 2.23. The maximum atomic E-state index is 12.1. The maximum Gasteiger partial charge on any atom is 0.337 e. The van der Waals surface area contributed by atoms with Crippen LogP contribution in [0.4, 0.5) is 5.69 Å². The Kier molecular flexibility index (Phi) is 4.38. The minimum Gasteiger partial charge on any atom is -0.478 e. The van der Waals surface area contributed by atoms with Crippen molar-refractivity contribution in [2.75, 3.05) is 5.32 Å². The number of rotatable bonds is 4. The van der Waals surface area contributed by atoms with Crippen molar-refractivity contribution in [2.45, 2.75) is 5.38 Å². The molecule has 2 aromatic carbocycles. The fraction of sp³-hybridized carbons (Fsp3) is 0.0667. The number of benzene rings is 2. The van der Waals surface area contributed by atoms with Gasteiger partial charge in [-0.1, -0.05) is 42.5 Å². The molecule has 2 N–H and O–H groups in total. The highest BCUT2D eigenvalue weighted by Gasteiger charge is 2.19. The number of para-hydroxylation sites is 1. The van der Waals surface area contributed by atoms with Gasteiger partial charge in [0.2, 0.25) is 5.91 Å². The van der Waals surface area contributed by atoms with Crippen molar-refractivity contribution >= 4 is 29.2 Å². The molecule has 0 spiro atoms. The summed E-state index contributed by atoms with van der Waals surface area (Å²) in [6, 6.07) is 15.0. The molecule has 20 heavy (non-hydrogen) atoms. The molecule has 0 unspecified atom stereocenters. The molecule has 5 heteroatoms. The van der Waals surface area contributed by atoms with E-state index in [2.05, 4.69) is 5.32 Å². The quantitative estimate of drug-likeness (QED) is 0.849. The van der Waals surface area contributed by atoms with Crippen molar-refractivity contribution in [3.63, 3.8) is 0 Å². The Bertz CT molecular complexity index is 628. The van der Waals surface area contributed by atoms with E-state index in [1.165, 1.54) is 12.1 Å². The van der Waals surface area contributed by atoms with E-state index in [4.69, 9.17) is 16.7 Å². The number of anilines is 1. The molecule has 1 amide bonds. The first-order valence-corrected chi connectivity index (χ1v) is 6.35. The summed E-state index contributed by atoms with van der Waals surface area (Å²) in [5.41, 5.74) is 0.906. The van der Waals surface area contributed by atoms with E-state index >= 15 is 0 Å². The Labute approximate surface area is 121 Å². The number of hydrogen-bond donors (Lipinski definition) is 2. The summed E-state index contributed by atoms with van der Waals surface area (Å²) >= 11 is 6.08. The van der Waals surface area contributed by atoms with Crippen molar-refractivity contribution < 1.29 is 14.7 Å². The topological polar surface area (TPSA) is 66.4 Å². The van der Waals surface area contributed by atoms with Crippen molar-refractivity contribution in [3.05, 3.63) is 65.7 Å². The summed E-state index contributed by atoms with van der Waals surface area (Å²) in [5.74, 6) is -1.57. The molecule has 1 atom stereocenters. The standard InChI is InChI=1S/C15H12ClNO3/c16-13(10-6-2-1-3-7-10)14(18)17-12-9-5-4-8-11(12)15(19)20/h1-9,13H,(H,17,18)(H,19,20)/t13-/m0/s1. The minimum absolute atomic E-state index is 0.0257. The average Bonchev–Trinajstić information content (AvgIpc) is 2.47. The van der Waals surface area contributed by atoms with Gasteiger partial charge < -0.3 is 10.4 Å². The number of amides is 1. The summed E-state index contributed by atoms with van der Waals surface area (Å²) in [5, 5.41) is 10.7. The van der Waals surface area contributed by atoms with Crippen LogP contribution in [0.1, 0.15) is 21.3 Å². The molecule has 0 aliphatic heterocycles. The molecule has 0 aliphatic rings. The molecule has 2 aromatic rings. The predicted octanol–water partition coefficient (Wildman–Crippen LogP) is 3.30. The first-order chi connectivity index (χ1) is 9.59. The van der Waals surface area contributed by atoms with Crippen LogP contribution >= 0.6 is 11.6 Å². The maximum absolute atomic E-state index is 12.1. The first kappa shape index (κ1) is 14.1. The van der Waals surface area contributed by atoms with Crippen LogP contribution in [-0.4, -0.2) is 17.0 Å². The van der Waals surface area contributed by atoms with Crippen molar-refractivity contribution in [3.8, 4) is 0 Å². The fourth-order valence-corrected chi connectivity index (χ4v) is 1.95. The highest BCUT2D eigenvalue weighted by atomic mass is 35.5. The van der Waals surface area contributed by atoms with Gasteiger partial charge in [0, 0.05) is 0 Å². The highest BCUT2D eigenvalue weighted by molar-refractivity contribution is 6.32. The third-order valence-corrected chi connectivity index (χ3v) is 3.19. The lowest BCUT2D eigenvalue weighted by molar-refractivity contribution is -0.116. The van der Waals surface area contributed by atoms with Gasteiger partial charge in [-0.2, -0.15) is 0 Å². The molecule has 0 aliphatic carbocycles. The van der Waals surface area contributed by atoms with E-state index in [0.29, 0.717) is 5.56 Å². The zero-order chi connectivity index (χ0) is 14.5. The second kappa shape index (κ2) is 6.21. The molecule has 0 saturated carbocycles. The SMILES string of the molecule is O=C(O)c1ccccc1NC(=O)[C@@H](Cl)c1ccccc1. The number of carboxylic acids is 1. The normalized spacial score (nSPS) is 11.7. The molecular formula is C15H12ClNO3. The van der Waals surface area contributed by atoms with Gasteiger partial charge in [-0.25, -0.2) is 4.79 Å². The van der Waals surface area contributed by atoms with E-state index in [-0.39, 0.29) is 11.3 Å². The second-order valence-corrected chi connectivity index (χ2v) is 4.55. The van der Waals surface area contributed by atoms with E-state index in [0.717, 1.165) is 0 Å². The molecule has 0 saturated heterocycles. The van der Waals surface area contributed by atoms with Gasteiger partial charge in [-0.3, -0.25) is 4.79 Å². The molecule has 0 heterocycles. The lowest BCUT2D eigenvalue weighted by atomic mass is 10.1. The summed E-state index contributed by atoms with van der Waals surface area (Å²) in [4.78, 5) is 23.1. The summed E-state index contributed by atoms with van der Waals surface area (Å²) in [6.07, 6.45) is 0. The summed E-state index contributed by atoms with van der Waals surface area (Å²) in [7, 11) is 0. The number of halogens is 1. The Balaban J connectivity index is 2.18. The molecular weight excluding hydrogens is 278 g/mol. The smallest absolute Gasteiger partial charge is 0.337 e. The number of hydrogen-bond acceptors (Lipinski definition) is 2. The van der Waals surface area contributed by atoms with Crippen LogP contribution in [0.3, 0.4) is 0 Å². The Morgan fingerprint density at radius 3 is 2.25 bits per heavy atom. The Hall–Kier alpha value is -2.33. The van der Waals surface area contributed by atoms with E-state index < -0.39 is 17.3 Å². The van der Waals surface area contributed by atoms with E-state index in [9.17, 15) is 9.59 Å². The lowest BCUT2D eigenvalue weighted by Gasteiger charge is -2.12. The van der Waals surface area contributed by atoms with E-state index in [1.807, 2.05) is 6.07 Å². The second-order valence-electron chi connectivity index (χ2n) is 4.11. The number of aromatic carboxylic acids is 1. The predicted molar refractivity (Wildman–Crippen MR) is 77.1 cm³/mol. The minimum atomic E-state index is -1.10. The molecule has 0 aromatic heterocycles. The summed E-state index contributed by atoms with van der Waals surface area (Å²) < 4.78 is 0. The van der Waals surface area contributed by atoms with Gasteiger partial charge in [-0.05, 0) is 17.7 Å². The van der Waals surface area contributed by atoms with Crippen LogP contribution in [0, 0.1) is 0 Å². The zero-order valence-corrected chi connectivity index (χ0v) is 11.2. The fourth-order valence-electron chi connectivity index (χ4n) is 1.75. The third kappa shape index (κ3) is 3.16. The van der Waals surface area contributed by atoms with Gasteiger partial charge in [-0.15, -0.1) is 11.6 Å². The van der Waals surface area contributed by atoms with Crippen molar-refractivity contribution in [1.29, 1.82) is 0 Å². The number of carbonyl (C=O) groups is 2. The van der Waals surface area contributed by atoms with Crippen LogP contribution in [0.15, 0.2) is 54.6 Å². The van der Waals surface area contributed by atoms with Crippen LogP contribution in [0.2, 0.25) is 0 Å². The zero-order valence-electron chi connectivity index (χ0n) is 10.4. The van der Waals surface area contributed by atoms with Crippen molar-refractivity contribution in [1.82, 2.24) is 0 Å². The summed E-state index contributed by atoms with van der Waals surface area (Å²) in [6.45, 7) is 0. The average molecular weight is 290 g/mol. The van der Waals surface area contributed by atoms with Crippen LogP contribution in [-0.2, 0) is 4.79 Å². The molecule has 0 fully saturated rings. The van der Waals surface area contributed by atoms with Gasteiger partial charge in [0.05, 0.1) is 11.3 Å². The van der Waals surface area contributed by atoms with Crippen LogP contribution in [0.25, 0.3) is 0 Å². The van der Waals surface area contributed by atoms with Crippen molar-refractivity contribution in [2.24, 2.45) is 0 Å². The molecule has 4 nitrogen and oxygen atoms in total. The largest absolute Gasteiger partial charge is 0.478 e. The van der Waals surface area contributed by atoms with Crippen LogP contribution in [0.5, 0.6) is 0 Å². The Morgan fingerprint density at radius 1 is 1.00 bits per heavy atom. The first-order valence-electron chi connectivity index (χ1n) is 5.92. The number of carboxylic acid groups (broad SMARTS) is 1. The number of carbonyl (C=O) groups excluding carboxylic acids is 1. The monoisotopic (exact) mass is 289 g/mol. The Morgan fingerprint density at radius 2 is 1.60 bits per heavy atom. The number of nitrogens with one attached hydrogen (secondary N) is 1. The number of alkyl halides is 1. The third-order valence-electron chi connectivity index (χ3n) is 2.74. The van der Waals surface area contributed by atoms with E-state index in [1.54, 1.807) is 36.4 Å². The van der Waals surface area contributed by atoms with Gasteiger partial charge >= 0.3 is 5.97 Å². The lowest BCUT2D eigenvalue weighted by Crippen LogP contribution is -2.19. The molecule has 0 radical (unpaired) electrons. The van der Waals surface area contributed by atoms with Crippen LogP contribution < -0.4 is 5.32 Å². The molecule has 2 rings (SSSR count). The van der Waals surface area contributed by atoms with Gasteiger partial charge in [0.1, 0.15) is 5.38 Å². The van der Waals surface area contributed by atoms with Gasteiger partial charge in [0.15, 0.2) is 0 Å². The van der Waals surface area contributed by atoms with Gasteiger partial charge in [0.25, 0.3) is 0 Å². The molecule has 102 valence electrons. The molecule has 0 bridgehead atoms.